The van der Waals surface area contributed by atoms with Gasteiger partial charge in [0.15, 0.2) is 0 Å². The van der Waals surface area contributed by atoms with E-state index in [1.165, 1.54) is 0 Å². The fourth-order valence-electron chi connectivity index (χ4n) is 1.54. The number of hydrogen-bond donors (Lipinski definition) is 2. The third kappa shape index (κ3) is 2.55. The van der Waals surface area contributed by atoms with Gasteiger partial charge in [-0.3, -0.25) is 9.89 Å². The minimum Gasteiger partial charge on any atom is -0.307 e. The van der Waals surface area contributed by atoms with Gasteiger partial charge in [0.1, 0.15) is 5.82 Å². The van der Waals surface area contributed by atoms with Crippen molar-refractivity contribution in [1.29, 1.82) is 0 Å². The molecule has 2 aromatic rings. The van der Waals surface area contributed by atoms with Crippen LogP contribution in [0.25, 0.3) is 0 Å². The number of anilines is 1. The molecule has 1 aromatic heterocycles. The topological polar surface area (TPSA) is 57.8 Å². The Labute approximate surface area is 108 Å². The van der Waals surface area contributed by atoms with Crippen molar-refractivity contribution in [1.82, 2.24) is 10.2 Å². The Morgan fingerprint density at radius 3 is 2.71 bits per heavy atom. The standard InChI is InChI=1S/C12H12BrN3O/c1-7-5-9(13)3-4-10(7)12(17)15-11-8(2)6-14-16-11/h3-6H,1-2H3,(H2,14,15,16,17). The second-order valence-corrected chi connectivity index (χ2v) is 4.76. The molecule has 0 aliphatic heterocycles. The fourth-order valence-corrected chi connectivity index (χ4v) is 2.01. The maximum absolute atomic E-state index is 12.0. The zero-order valence-electron chi connectivity index (χ0n) is 9.54. The summed E-state index contributed by atoms with van der Waals surface area (Å²) in [6.45, 7) is 3.78. The highest BCUT2D eigenvalue weighted by molar-refractivity contribution is 9.10. The van der Waals surface area contributed by atoms with Gasteiger partial charge in [0, 0.05) is 15.6 Å². The summed E-state index contributed by atoms with van der Waals surface area (Å²) >= 11 is 3.37. The van der Waals surface area contributed by atoms with Crippen molar-refractivity contribution in [2.75, 3.05) is 5.32 Å². The number of amides is 1. The quantitative estimate of drug-likeness (QED) is 0.894. The highest BCUT2D eigenvalue weighted by Gasteiger charge is 2.11. The molecule has 1 amide bonds. The van der Waals surface area contributed by atoms with Crippen LogP contribution in [0.2, 0.25) is 0 Å². The predicted molar refractivity (Wildman–Crippen MR) is 70.2 cm³/mol. The summed E-state index contributed by atoms with van der Waals surface area (Å²) in [6.07, 6.45) is 1.67. The van der Waals surface area contributed by atoms with Gasteiger partial charge in [0.25, 0.3) is 5.91 Å². The Morgan fingerprint density at radius 1 is 1.35 bits per heavy atom. The van der Waals surface area contributed by atoms with Crippen LogP contribution in [0.15, 0.2) is 28.9 Å². The lowest BCUT2D eigenvalue weighted by Crippen LogP contribution is -2.14. The summed E-state index contributed by atoms with van der Waals surface area (Å²) in [4.78, 5) is 12.0. The Morgan fingerprint density at radius 2 is 2.12 bits per heavy atom. The van der Waals surface area contributed by atoms with Crippen LogP contribution in [0.4, 0.5) is 5.82 Å². The average molecular weight is 294 g/mol. The summed E-state index contributed by atoms with van der Waals surface area (Å²) in [5, 5.41) is 9.40. The molecule has 0 spiro atoms. The van der Waals surface area contributed by atoms with Crippen LogP contribution in [-0.2, 0) is 0 Å². The molecule has 0 unspecified atom stereocenters. The largest absolute Gasteiger partial charge is 0.307 e. The number of nitrogens with zero attached hydrogens (tertiary/aromatic N) is 1. The number of benzene rings is 1. The Bertz CT molecular complexity index is 563. The van der Waals surface area contributed by atoms with Crippen molar-refractivity contribution >= 4 is 27.7 Å². The SMILES string of the molecule is Cc1cc(Br)ccc1C(=O)Nc1[nH]ncc1C. The van der Waals surface area contributed by atoms with Gasteiger partial charge < -0.3 is 5.32 Å². The summed E-state index contributed by atoms with van der Waals surface area (Å²) in [5.74, 6) is 0.500. The van der Waals surface area contributed by atoms with E-state index in [-0.39, 0.29) is 5.91 Å². The highest BCUT2D eigenvalue weighted by Crippen LogP contribution is 2.17. The number of aryl methyl sites for hydroxylation is 2. The van der Waals surface area contributed by atoms with E-state index in [0.717, 1.165) is 15.6 Å². The van der Waals surface area contributed by atoms with E-state index in [4.69, 9.17) is 0 Å². The number of nitrogens with one attached hydrogen (secondary N) is 2. The monoisotopic (exact) mass is 293 g/mol. The molecule has 0 saturated heterocycles. The molecule has 0 aliphatic carbocycles. The highest BCUT2D eigenvalue weighted by atomic mass is 79.9. The molecule has 0 atom stereocenters. The van der Waals surface area contributed by atoms with Crippen molar-refractivity contribution in [3.05, 3.63) is 45.6 Å². The maximum atomic E-state index is 12.0. The molecule has 0 fully saturated rings. The second kappa shape index (κ2) is 4.71. The van der Waals surface area contributed by atoms with Gasteiger partial charge in [-0.15, -0.1) is 0 Å². The number of hydrogen-bond acceptors (Lipinski definition) is 2. The molecule has 2 N–H and O–H groups in total. The lowest BCUT2D eigenvalue weighted by atomic mass is 10.1. The minimum atomic E-state index is -0.137. The molecular weight excluding hydrogens is 282 g/mol. The molecule has 0 radical (unpaired) electrons. The van der Waals surface area contributed by atoms with Crippen molar-refractivity contribution < 1.29 is 4.79 Å². The van der Waals surface area contributed by atoms with Crippen molar-refractivity contribution in [2.45, 2.75) is 13.8 Å². The molecule has 17 heavy (non-hydrogen) atoms. The number of aromatic amines is 1. The van der Waals surface area contributed by atoms with Crippen LogP contribution in [0, 0.1) is 13.8 Å². The Hall–Kier alpha value is -1.62. The summed E-state index contributed by atoms with van der Waals surface area (Å²) in [6, 6.07) is 5.55. The second-order valence-electron chi connectivity index (χ2n) is 3.84. The van der Waals surface area contributed by atoms with E-state index < -0.39 is 0 Å². The van der Waals surface area contributed by atoms with Crippen LogP contribution in [0.1, 0.15) is 21.5 Å². The molecule has 1 heterocycles. The summed E-state index contributed by atoms with van der Waals surface area (Å²) < 4.78 is 0.962. The van der Waals surface area contributed by atoms with Crippen LogP contribution in [0.5, 0.6) is 0 Å². The average Bonchev–Trinajstić information content (AvgIpc) is 2.64. The van der Waals surface area contributed by atoms with Gasteiger partial charge >= 0.3 is 0 Å². The van der Waals surface area contributed by atoms with Gasteiger partial charge in [0.2, 0.25) is 0 Å². The zero-order chi connectivity index (χ0) is 12.4. The molecule has 0 saturated carbocycles. The molecule has 1 aromatic carbocycles. The van der Waals surface area contributed by atoms with Gasteiger partial charge in [-0.05, 0) is 37.6 Å². The van der Waals surface area contributed by atoms with E-state index in [2.05, 4.69) is 31.4 Å². The smallest absolute Gasteiger partial charge is 0.257 e. The first-order valence-corrected chi connectivity index (χ1v) is 5.94. The third-order valence-electron chi connectivity index (χ3n) is 2.50. The molecule has 0 aliphatic rings. The third-order valence-corrected chi connectivity index (χ3v) is 2.99. The molecule has 5 heteroatoms. The first-order valence-electron chi connectivity index (χ1n) is 5.15. The van der Waals surface area contributed by atoms with Gasteiger partial charge in [0.05, 0.1) is 6.20 Å². The minimum absolute atomic E-state index is 0.137. The van der Waals surface area contributed by atoms with Crippen molar-refractivity contribution in [2.24, 2.45) is 0 Å². The molecule has 0 bridgehead atoms. The molecule has 2 rings (SSSR count). The van der Waals surface area contributed by atoms with Gasteiger partial charge in [-0.2, -0.15) is 5.10 Å². The fraction of sp³-hybridized carbons (Fsp3) is 0.167. The van der Waals surface area contributed by atoms with E-state index in [9.17, 15) is 4.79 Å². The van der Waals surface area contributed by atoms with E-state index in [0.29, 0.717) is 11.4 Å². The van der Waals surface area contributed by atoms with Crippen LogP contribution < -0.4 is 5.32 Å². The Balaban J connectivity index is 2.23. The predicted octanol–water partition coefficient (Wildman–Crippen LogP) is 3.04. The van der Waals surface area contributed by atoms with Gasteiger partial charge in [-0.1, -0.05) is 15.9 Å². The number of aromatic nitrogens is 2. The molecule has 4 nitrogen and oxygen atoms in total. The molecule has 88 valence electrons. The van der Waals surface area contributed by atoms with E-state index in [1.807, 2.05) is 26.0 Å². The summed E-state index contributed by atoms with van der Waals surface area (Å²) in [5.41, 5.74) is 2.49. The van der Waals surface area contributed by atoms with Crippen LogP contribution in [0.3, 0.4) is 0 Å². The summed E-state index contributed by atoms with van der Waals surface area (Å²) in [7, 11) is 0. The first-order chi connectivity index (χ1) is 8.08. The number of halogens is 1. The van der Waals surface area contributed by atoms with Gasteiger partial charge in [-0.25, -0.2) is 0 Å². The maximum Gasteiger partial charge on any atom is 0.257 e. The lowest BCUT2D eigenvalue weighted by molar-refractivity contribution is 0.102. The van der Waals surface area contributed by atoms with E-state index >= 15 is 0 Å². The zero-order valence-corrected chi connectivity index (χ0v) is 11.1. The van der Waals surface area contributed by atoms with Crippen LogP contribution >= 0.6 is 15.9 Å². The van der Waals surface area contributed by atoms with E-state index in [1.54, 1.807) is 12.3 Å². The van der Waals surface area contributed by atoms with Crippen LogP contribution in [-0.4, -0.2) is 16.1 Å². The number of carbonyl (C=O) groups is 1. The lowest BCUT2D eigenvalue weighted by Gasteiger charge is -2.07. The van der Waals surface area contributed by atoms with Crippen molar-refractivity contribution in [3.63, 3.8) is 0 Å². The number of carbonyl (C=O) groups excluding carboxylic acids is 1. The van der Waals surface area contributed by atoms with Crippen molar-refractivity contribution in [3.8, 4) is 0 Å². The number of rotatable bonds is 2. The molecular formula is C12H12BrN3O. The normalized spacial score (nSPS) is 10.3. The Kier molecular flexibility index (Phi) is 3.28. The first kappa shape index (κ1) is 11.9. The number of H-pyrrole nitrogens is 1.